The van der Waals surface area contributed by atoms with Crippen molar-refractivity contribution in [3.8, 4) is 22.6 Å². The van der Waals surface area contributed by atoms with Crippen molar-refractivity contribution >= 4 is 27.3 Å². The number of fused-ring (bicyclic) bond motifs is 1. The van der Waals surface area contributed by atoms with E-state index in [0.717, 1.165) is 43.2 Å². The van der Waals surface area contributed by atoms with Crippen molar-refractivity contribution in [1.29, 1.82) is 5.41 Å². The number of methoxy groups -OCH3 is 1. The third kappa shape index (κ3) is 3.85. The Morgan fingerprint density at radius 3 is 2.46 bits per heavy atom. The number of rotatable bonds is 6. The monoisotopic (exact) mass is 388 g/mol. The van der Waals surface area contributed by atoms with Crippen LogP contribution in [0.1, 0.15) is 10.4 Å². The van der Waals surface area contributed by atoms with Crippen LogP contribution in [0.5, 0.6) is 11.5 Å². The molecule has 3 N–H and O–H groups in total. The summed E-state index contributed by atoms with van der Waals surface area (Å²) in [4.78, 5) is 0.795. The van der Waals surface area contributed by atoms with E-state index < -0.39 is 0 Å². The van der Waals surface area contributed by atoms with E-state index in [2.05, 4.69) is 24.3 Å². The lowest BCUT2D eigenvalue weighted by molar-refractivity contribution is 0.306. The molecule has 0 radical (unpaired) electrons. The predicted octanol–water partition coefficient (Wildman–Crippen LogP) is 5.44. The van der Waals surface area contributed by atoms with Gasteiger partial charge in [-0.15, -0.1) is 11.3 Å². The summed E-state index contributed by atoms with van der Waals surface area (Å²) in [6.45, 7) is 0.499. The van der Waals surface area contributed by atoms with Crippen molar-refractivity contribution in [2.45, 2.75) is 6.61 Å². The summed E-state index contributed by atoms with van der Waals surface area (Å²) in [6, 6.07) is 24.2. The Balaban J connectivity index is 1.54. The first-order valence-corrected chi connectivity index (χ1v) is 9.68. The van der Waals surface area contributed by atoms with Crippen LogP contribution in [-0.4, -0.2) is 12.9 Å². The average Bonchev–Trinajstić information content (AvgIpc) is 3.17. The maximum atomic E-state index is 7.62. The molecule has 4 rings (SSSR count). The molecule has 1 aromatic heterocycles. The van der Waals surface area contributed by atoms with Gasteiger partial charge in [0.1, 0.15) is 23.9 Å². The normalized spacial score (nSPS) is 10.8. The van der Waals surface area contributed by atoms with E-state index >= 15 is 0 Å². The maximum absolute atomic E-state index is 7.62. The number of amidine groups is 1. The average molecular weight is 388 g/mol. The molecule has 0 unspecified atom stereocenters. The number of ether oxygens (including phenoxy) is 2. The molecule has 4 aromatic rings. The summed E-state index contributed by atoms with van der Waals surface area (Å²) >= 11 is 1.54. The summed E-state index contributed by atoms with van der Waals surface area (Å²) in [7, 11) is 1.66. The second-order valence-electron chi connectivity index (χ2n) is 6.44. The Bertz CT molecular complexity index is 1130. The van der Waals surface area contributed by atoms with Gasteiger partial charge in [0, 0.05) is 4.70 Å². The number of benzene rings is 3. The molecule has 3 aromatic carbocycles. The first kappa shape index (κ1) is 18.1. The lowest BCUT2D eigenvalue weighted by Gasteiger charge is -2.09. The number of nitrogen functional groups attached to an aromatic ring is 1. The van der Waals surface area contributed by atoms with E-state index in [1.165, 1.54) is 11.3 Å². The highest BCUT2D eigenvalue weighted by molar-refractivity contribution is 7.20. The molecule has 1 heterocycles. The van der Waals surface area contributed by atoms with Gasteiger partial charge >= 0.3 is 0 Å². The molecule has 28 heavy (non-hydrogen) atoms. The lowest BCUT2D eigenvalue weighted by Crippen LogP contribution is -2.08. The third-order valence-corrected chi connectivity index (χ3v) is 5.66. The van der Waals surface area contributed by atoms with E-state index in [4.69, 9.17) is 20.6 Å². The minimum absolute atomic E-state index is 0.108. The van der Waals surface area contributed by atoms with Crippen LogP contribution in [0.15, 0.2) is 72.8 Å². The van der Waals surface area contributed by atoms with Crippen LogP contribution in [0.3, 0.4) is 0 Å². The zero-order valence-electron chi connectivity index (χ0n) is 15.4. The molecule has 0 saturated heterocycles. The molecular formula is C23H20N2O2S. The lowest BCUT2D eigenvalue weighted by atomic mass is 10.0. The molecular weight excluding hydrogens is 368 g/mol. The van der Waals surface area contributed by atoms with Crippen LogP contribution >= 0.6 is 11.3 Å². The summed E-state index contributed by atoms with van der Waals surface area (Å²) in [5.74, 6) is 1.77. The van der Waals surface area contributed by atoms with Gasteiger partial charge in [0.05, 0.1) is 12.0 Å². The third-order valence-electron chi connectivity index (χ3n) is 4.51. The number of nitrogens with one attached hydrogen (secondary N) is 1. The number of hydrogen-bond acceptors (Lipinski definition) is 4. The van der Waals surface area contributed by atoms with Crippen LogP contribution < -0.4 is 15.2 Å². The van der Waals surface area contributed by atoms with E-state index in [0.29, 0.717) is 6.61 Å². The molecule has 140 valence electrons. The SMILES string of the molecule is COc1ccc(COc2cccc(-c3ccc4sc(C(=N)N)cc4c3)c2)cc1. The fourth-order valence-electron chi connectivity index (χ4n) is 3.01. The molecule has 5 heteroatoms. The fourth-order valence-corrected chi connectivity index (χ4v) is 3.91. The molecule has 0 saturated carbocycles. The Morgan fingerprint density at radius 2 is 1.71 bits per heavy atom. The fraction of sp³-hybridized carbons (Fsp3) is 0.0870. The van der Waals surface area contributed by atoms with Crippen molar-refractivity contribution in [1.82, 2.24) is 0 Å². The Morgan fingerprint density at radius 1 is 0.929 bits per heavy atom. The minimum Gasteiger partial charge on any atom is -0.497 e. The minimum atomic E-state index is 0.108. The van der Waals surface area contributed by atoms with Gasteiger partial charge in [-0.1, -0.05) is 30.3 Å². The predicted molar refractivity (Wildman–Crippen MR) is 116 cm³/mol. The van der Waals surface area contributed by atoms with Crippen molar-refractivity contribution in [3.05, 3.63) is 83.2 Å². The highest BCUT2D eigenvalue weighted by Gasteiger charge is 2.07. The molecule has 4 nitrogen and oxygen atoms in total. The van der Waals surface area contributed by atoms with Gasteiger partial charge in [-0.05, 0) is 64.5 Å². The van der Waals surface area contributed by atoms with E-state index in [9.17, 15) is 0 Å². The largest absolute Gasteiger partial charge is 0.497 e. The zero-order chi connectivity index (χ0) is 19.5. The molecule has 0 spiro atoms. The van der Waals surface area contributed by atoms with Crippen LogP contribution in [0.25, 0.3) is 21.2 Å². The summed E-state index contributed by atoms with van der Waals surface area (Å²) in [5.41, 5.74) is 8.89. The van der Waals surface area contributed by atoms with Crippen LogP contribution in [0, 0.1) is 5.41 Å². The highest BCUT2D eigenvalue weighted by Crippen LogP contribution is 2.31. The number of nitrogens with two attached hydrogens (primary N) is 1. The quantitative estimate of drug-likeness (QED) is 0.341. The van der Waals surface area contributed by atoms with E-state index in [-0.39, 0.29) is 5.84 Å². The smallest absolute Gasteiger partial charge is 0.133 e. The molecule has 0 aliphatic carbocycles. The molecule has 0 atom stereocenters. The van der Waals surface area contributed by atoms with Gasteiger partial charge in [-0.25, -0.2) is 0 Å². The van der Waals surface area contributed by atoms with Crippen molar-refractivity contribution in [2.75, 3.05) is 7.11 Å². The highest BCUT2D eigenvalue weighted by atomic mass is 32.1. The van der Waals surface area contributed by atoms with Gasteiger partial charge in [0.15, 0.2) is 0 Å². The van der Waals surface area contributed by atoms with Crippen LogP contribution in [0.4, 0.5) is 0 Å². The van der Waals surface area contributed by atoms with Gasteiger partial charge in [-0.2, -0.15) is 0 Å². The summed E-state index contributed by atoms with van der Waals surface area (Å²) in [6.07, 6.45) is 0. The molecule has 0 fully saturated rings. The Hall–Kier alpha value is -3.31. The molecule has 0 amide bonds. The molecule has 0 aliphatic heterocycles. The molecule has 0 aliphatic rings. The van der Waals surface area contributed by atoms with E-state index in [1.54, 1.807) is 7.11 Å². The van der Waals surface area contributed by atoms with Crippen LogP contribution in [-0.2, 0) is 6.61 Å². The van der Waals surface area contributed by atoms with Crippen molar-refractivity contribution < 1.29 is 9.47 Å². The number of thiophene rings is 1. The van der Waals surface area contributed by atoms with E-state index in [1.807, 2.05) is 48.5 Å². The topological polar surface area (TPSA) is 68.3 Å². The Kier molecular flexibility index (Phi) is 5.00. The zero-order valence-corrected chi connectivity index (χ0v) is 16.3. The second-order valence-corrected chi connectivity index (χ2v) is 7.53. The molecule has 0 bridgehead atoms. The second kappa shape index (κ2) is 7.74. The maximum Gasteiger partial charge on any atom is 0.133 e. The summed E-state index contributed by atoms with van der Waals surface area (Å²) in [5, 5.41) is 8.71. The number of hydrogen-bond donors (Lipinski definition) is 2. The standard InChI is InChI=1S/C23H20N2O2S/c1-26-19-8-5-15(6-9-19)14-27-20-4-2-3-16(12-20)17-7-10-21-18(11-17)13-22(28-21)23(24)25/h2-13H,14H2,1H3,(H3,24,25). The first-order valence-electron chi connectivity index (χ1n) is 8.86. The summed E-state index contributed by atoms with van der Waals surface area (Å²) < 4.78 is 12.3. The van der Waals surface area contributed by atoms with Gasteiger partial charge in [0.25, 0.3) is 0 Å². The first-order chi connectivity index (χ1) is 13.6. The van der Waals surface area contributed by atoms with Crippen molar-refractivity contribution in [2.24, 2.45) is 5.73 Å². The van der Waals surface area contributed by atoms with Gasteiger partial charge in [-0.3, -0.25) is 5.41 Å². The van der Waals surface area contributed by atoms with Crippen molar-refractivity contribution in [3.63, 3.8) is 0 Å². The van der Waals surface area contributed by atoms with Crippen LogP contribution in [0.2, 0.25) is 0 Å². The Labute approximate surface area is 167 Å². The van der Waals surface area contributed by atoms with Gasteiger partial charge in [0.2, 0.25) is 0 Å². The van der Waals surface area contributed by atoms with Gasteiger partial charge < -0.3 is 15.2 Å².